The van der Waals surface area contributed by atoms with E-state index in [1.54, 1.807) is 31.2 Å². The quantitative estimate of drug-likeness (QED) is 0.328. The molecule has 2 rings (SSSR count). The summed E-state index contributed by atoms with van der Waals surface area (Å²) in [5, 5.41) is 26.7. The Morgan fingerprint density at radius 2 is 2.32 bits per heavy atom. The number of rotatable bonds is 5. The lowest BCUT2D eigenvalue weighted by Gasteiger charge is -2.09. The van der Waals surface area contributed by atoms with Gasteiger partial charge in [0.2, 0.25) is 5.27 Å². The molecule has 0 aromatic carbocycles. The summed E-state index contributed by atoms with van der Waals surface area (Å²) in [6.45, 7) is 1.83. The van der Waals surface area contributed by atoms with Crippen LogP contribution in [0.15, 0.2) is 32.9 Å². The number of aromatic nitrogens is 3. The van der Waals surface area contributed by atoms with E-state index in [9.17, 15) is 5.11 Å². The highest BCUT2D eigenvalue weighted by Crippen LogP contribution is 2.20. The number of aliphatic imine (C=N–C) groups is 1. The molecule has 0 spiro atoms. The van der Waals surface area contributed by atoms with Crippen molar-refractivity contribution >= 4 is 23.5 Å². The van der Waals surface area contributed by atoms with Crippen LogP contribution < -0.4 is 14.9 Å². The lowest BCUT2D eigenvalue weighted by molar-refractivity contribution is -0.753. The van der Waals surface area contributed by atoms with E-state index in [0.29, 0.717) is 10.6 Å². The minimum Gasteiger partial charge on any atom is -0.861 e. The Hall–Kier alpha value is -2.60. The van der Waals surface area contributed by atoms with Gasteiger partial charge in [0, 0.05) is 11.4 Å². The fourth-order valence-electron chi connectivity index (χ4n) is 1.48. The molecule has 2 aromatic heterocycles. The second-order valence-corrected chi connectivity index (χ2v) is 5.48. The standard InChI is InChI=1S/C13H14N6O2S/c1-9-4-5-10(6-14)13(15-9)22-8-11(20)16-12-7-19(17-21-12)18(2)3/h4-5,7H,8H2,1-3H3. The van der Waals surface area contributed by atoms with Crippen LogP contribution >= 0.6 is 11.8 Å². The first-order valence-corrected chi connectivity index (χ1v) is 7.29. The third-order valence-corrected chi connectivity index (χ3v) is 3.52. The molecule has 0 unspecified atom stereocenters. The normalized spacial score (nSPS) is 11.3. The lowest BCUT2D eigenvalue weighted by Crippen LogP contribution is -2.53. The number of hydrogen-bond donors (Lipinski definition) is 0. The topological polar surface area (TPSA) is 105 Å². The van der Waals surface area contributed by atoms with E-state index in [0.717, 1.165) is 5.69 Å². The predicted molar refractivity (Wildman–Crippen MR) is 78.3 cm³/mol. The van der Waals surface area contributed by atoms with Crippen molar-refractivity contribution in [2.24, 2.45) is 4.99 Å². The summed E-state index contributed by atoms with van der Waals surface area (Å²) in [5.74, 6) is -0.204. The van der Waals surface area contributed by atoms with Gasteiger partial charge in [-0.3, -0.25) is 4.52 Å². The second-order valence-electron chi connectivity index (χ2n) is 4.52. The number of hydrogen-bond acceptors (Lipinski definition) is 8. The van der Waals surface area contributed by atoms with Gasteiger partial charge in [0.05, 0.1) is 24.4 Å². The van der Waals surface area contributed by atoms with E-state index in [1.807, 2.05) is 13.0 Å². The predicted octanol–water partition coefficient (Wildman–Crippen LogP) is -0.0826. The molecule has 0 saturated heterocycles. The number of thioether (sulfide) groups is 1. The fourth-order valence-corrected chi connectivity index (χ4v) is 2.28. The molecule has 9 heteroatoms. The molecule has 0 fully saturated rings. The third kappa shape index (κ3) is 3.95. The van der Waals surface area contributed by atoms with Gasteiger partial charge in [-0.15, -0.1) is 0 Å². The van der Waals surface area contributed by atoms with Crippen LogP contribution in [0.25, 0.3) is 0 Å². The van der Waals surface area contributed by atoms with Gasteiger partial charge < -0.3 is 5.11 Å². The SMILES string of the molecule is Cc1ccc(C#N)c(SC/C([O-])=N\c2c[n+](N(C)C)no2)n1. The molecule has 22 heavy (non-hydrogen) atoms. The van der Waals surface area contributed by atoms with Crippen LogP contribution in [0.2, 0.25) is 0 Å². The summed E-state index contributed by atoms with van der Waals surface area (Å²) in [4.78, 5) is 9.47. The lowest BCUT2D eigenvalue weighted by atomic mass is 10.3. The molecule has 0 aliphatic carbocycles. The average molecular weight is 318 g/mol. The smallest absolute Gasteiger partial charge is 0.324 e. The van der Waals surface area contributed by atoms with E-state index in [4.69, 9.17) is 9.78 Å². The van der Waals surface area contributed by atoms with Crippen molar-refractivity contribution < 1.29 is 14.4 Å². The van der Waals surface area contributed by atoms with Crippen molar-refractivity contribution in [2.75, 3.05) is 24.9 Å². The molecule has 0 aliphatic rings. The third-order valence-electron chi connectivity index (χ3n) is 2.54. The van der Waals surface area contributed by atoms with Gasteiger partial charge in [-0.25, -0.2) is 9.98 Å². The van der Waals surface area contributed by atoms with Gasteiger partial charge in [-0.05, 0) is 25.0 Å². The highest BCUT2D eigenvalue weighted by Gasteiger charge is 2.12. The molecule has 0 N–H and O–H groups in total. The molecule has 8 nitrogen and oxygen atoms in total. The zero-order valence-electron chi connectivity index (χ0n) is 12.3. The van der Waals surface area contributed by atoms with E-state index >= 15 is 0 Å². The maximum absolute atomic E-state index is 11.8. The number of nitrogens with zero attached hydrogens (tertiary/aromatic N) is 6. The monoisotopic (exact) mass is 318 g/mol. The van der Waals surface area contributed by atoms with E-state index in [1.165, 1.54) is 22.7 Å². The first-order chi connectivity index (χ1) is 10.5. The molecule has 0 bridgehead atoms. The number of pyridine rings is 1. The molecule has 2 aromatic rings. The Kier molecular flexibility index (Phi) is 4.95. The Balaban J connectivity index is 2.06. The summed E-state index contributed by atoms with van der Waals surface area (Å²) >= 11 is 1.17. The van der Waals surface area contributed by atoms with Crippen molar-refractivity contribution in [1.29, 1.82) is 5.26 Å². The molecule has 0 atom stereocenters. The van der Waals surface area contributed by atoms with Crippen LogP contribution in [-0.2, 0) is 0 Å². The van der Waals surface area contributed by atoms with E-state index in [2.05, 4.69) is 15.2 Å². The van der Waals surface area contributed by atoms with Crippen LogP contribution in [0.3, 0.4) is 0 Å². The van der Waals surface area contributed by atoms with E-state index in [-0.39, 0.29) is 17.5 Å². The highest BCUT2D eigenvalue weighted by atomic mass is 32.2. The summed E-state index contributed by atoms with van der Waals surface area (Å²) in [5.41, 5.74) is 1.22. The van der Waals surface area contributed by atoms with Crippen molar-refractivity contribution in [3.63, 3.8) is 0 Å². The van der Waals surface area contributed by atoms with E-state index < -0.39 is 0 Å². The number of nitriles is 1. The molecule has 2 heterocycles. The summed E-state index contributed by atoms with van der Waals surface area (Å²) in [6.07, 6.45) is 1.49. The average Bonchev–Trinajstić information content (AvgIpc) is 2.94. The minimum absolute atomic E-state index is 0.0633. The van der Waals surface area contributed by atoms with Crippen LogP contribution in [0.4, 0.5) is 5.88 Å². The van der Waals surface area contributed by atoms with Gasteiger partial charge in [0.25, 0.3) is 6.20 Å². The zero-order valence-corrected chi connectivity index (χ0v) is 13.2. The van der Waals surface area contributed by atoms with Gasteiger partial charge in [0.15, 0.2) is 0 Å². The van der Waals surface area contributed by atoms with Gasteiger partial charge >= 0.3 is 5.88 Å². The summed E-state index contributed by atoms with van der Waals surface area (Å²) in [6, 6.07) is 5.49. The molecule has 114 valence electrons. The molecule has 0 amide bonds. The minimum atomic E-state index is -0.390. The zero-order chi connectivity index (χ0) is 16.1. The van der Waals surface area contributed by atoms with Crippen LogP contribution in [0, 0.1) is 18.3 Å². The molecular weight excluding hydrogens is 304 g/mol. The maximum Gasteiger partial charge on any atom is 0.324 e. The molecule has 0 radical (unpaired) electrons. The molecular formula is C13H14N6O2S. The first kappa shape index (κ1) is 15.8. The van der Waals surface area contributed by atoms with Crippen molar-refractivity contribution in [1.82, 2.24) is 10.3 Å². The summed E-state index contributed by atoms with van der Waals surface area (Å²) < 4.78 is 4.92. The Labute approximate surface area is 131 Å². The van der Waals surface area contributed by atoms with Gasteiger partial charge in [-0.1, -0.05) is 11.8 Å². The van der Waals surface area contributed by atoms with Gasteiger partial charge in [-0.2, -0.15) is 10.3 Å². The summed E-state index contributed by atoms with van der Waals surface area (Å²) in [7, 11) is 3.55. The van der Waals surface area contributed by atoms with Crippen molar-refractivity contribution in [3.8, 4) is 6.07 Å². The van der Waals surface area contributed by atoms with Crippen LogP contribution in [-0.4, -0.2) is 36.0 Å². The largest absolute Gasteiger partial charge is 0.861 e. The number of aryl methyl sites for hydroxylation is 1. The second kappa shape index (κ2) is 6.91. The molecule has 0 saturated carbocycles. The Morgan fingerprint density at radius 3 is 2.95 bits per heavy atom. The van der Waals surface area contributed by atoms with Gasteiger partial charge in [0.1, 0.15) is 11.1 Å². The molecule has 0 aliphatic heterocycles. The van der Waals surface area contributed by atoms with Crippen LogP contribution in [0.5, 0.6) is 0 Å². The maximum atomic E-state index is 11.8. The van der Waals surface area contributed by atoms with Crippen molar-refractivity contribution in [2.45, 2.75) is 11.9 Å². The first-order valence-electron chi connectivity index (χ1n) is 6.31. The highest BCUT2D eigenvalue weighted by molar-refractivity contribution is 7.99. The van der Waals surface area contributed by atoms with Crippen molar-refractivity contribution in [3.05, 3.63) is 29.6 Å². The Bertz CT molecular complexity index is 734. The van der Waals surface area contributed by atoms with Crippen LogP contribution in [0.1, 0.15) is 11.3 Å². The Morgan fingerprint density at radius 1 is 1.55 bits per heavy atom. The fraction of sp³-hybridized carbons (Fsp3) is 0.308.